The van der Waals surface area contributed by atoms with E-state index in [2.05, 4.69) is 30.5 Å². The third-order valence-corrected chi connectivity index (χ3v) is 4.28. The van der Waals surface area contributed by atoms with Crippen molar-refractivity contribution in [2.24, 2.45) is 0 Å². The number of aliphatic hydroxyl groups is 1. The van der Waals surface area contributed by atoms with Crippen LogP contribution in [0.3, 0.4) is 0 Å². The molecule has 4 nitrogen and oxygen atoms in total. The van der Waals surface area contributed by atoms with Gasteiger partial charge in [0.25, 0.3) is 0 Å². The van der Waals surface area contributed by atoms with Crippen molar-refractivity contribution in [2.45, 2.75) is 47.1 Å². The summed E-state index contributed by atoms with van der Waals surface area (Å²) in [6, 6.07) is 8.19. The minimum atomic E-state index is -0.461. The summed E-state index contributed by atoms with van der Waals surface area (Å²) >= 11 is 0. The number of aromatic nitrogens is 3. The second kappa shape index (κ2) is 5.78. The Morgan fingerprint density at radius 2 is 1.83 bits per heavy atom. The molecule has 4 heteroatoms. The zero-order valence-electron chi connectivity index (χ0n) is 14.4. The number of hydrogen-bond acceptors (Lipinski definition) is 3. The van der Waals surface area contributed by atoms with Gasteiger partial charge in [0.15, 0.2) is 5.65 Å². The van der Waals surface area contributed by atoms with Gasteiger partial charge in [-0.1, -0.05) is 13.0 Å². The summed E-state index contributed by atoms with van der Waals surface area (Å²) in [4.78, 5) is 9.51. The molecule has 1 aromatic carbocycles. The lowest BCUT2D eigenvalue weighted by molar-refractivity contribution is 0.198. The molecule has 0 saturated carbocycles. The summed E-state index contributed by atoms with van der Waals surface area (Å²) in [7, 11) is 0. The largest absolute Gasteiger partial charge is 0.389 e. The van der Waals surface area contributed by atoms with Crippen molar-refractivity contribution in [1.29, 1.82) is 0 Å². The molecule has 1 atom stereocenters. The van der Waals surface area contributed by atoms with Crippen LogP contribution in [-0.2, 0) is 6.42 Å². The molecule has 120 valence electrons. The Kier molecular flexibility index (Phi) is 3.94. The maximum absolute atomic E-state index is 9.84. The van der Waals surface area contributed by atoms with Crippen molar-refractivity contribution >= 4 is 11.2 Å². The predicted molar refractivity (Wildman–Crippen MR) is 93.1 cm³/mol. The van der Waals surface area contributed by atoms with Crippen molar-refractivity contribution in [3.63, 3.8) is 0 Å². The van der Waals surface area contributed by atoms with Gasteiger partial charge in [0.2, 0.25) is 0 Å². The Morgan fingerprint density at radius 3 is 2.43 bits per heavy atom. The summed E-state index contributed by atoms with van der Waals surface area (Å²) in [6.07, 6.45) is 0.378. The summed E-state index contributed by atoms with van der Waals surface area (Å²) < 4.78 is 2.13. The van der Waals surface area contributed by atoms with E-state index in [1.165, 1.54) is 0 Å². The molecule has 0 fully saturated rings. The number of fused-ring (bicyclic) bond motifs is 1. The van der Waals surface area contributed by atoms with Crippen LogP contribution in [0.1, 0.15) is 48.2 Å². The fourth-order valence-electron chi connectivity index (χ4n) is 3.18. The molecule has 3 aromatic rings. The minimum absolute atomic E-state index is 0.461. The zero-order chi connectivity index (χ0) is 16.7. The molecule has 0 aliphatic carbocycles. The van der Waals surface area contributed by atoms with E-state index < -0.39 is 6.10 Å². The van der Waals surface area contributed by atoms with Crippen LogP contribution in [0.4, 0.5) is 0 Å². The van der Waals surface area contributed by atoms with E-state index >= 15 is 0 Å². The average molecular weight is 309 g/mol. The molecular weight excluding hydrogens is 286 g/mol. The molecule has 0 bridgehead atoms. The van der Waals surface area contributed by atoms with Crippen LogP contribution >= 0.6 is 0 Å². The van der Waals surface area contributed by atoms with Gasteiger partial charge in [0, 0.05) is 17.8 Å². The molecule has 0 aliphatic rings. The standard InChI is InChI=1S/C19H23N3O/c1-6-17-21-18-12(3)9-13(4)20-19(18)22(17)15-7-8-16(14(5)23)11(2)10-15/h7-10,14,23H,6H2,1-5H3. The third kappa shape index (κ3) is 2.63. The molecule has 23 heavy (non-hydrogen) atoms. The van der Waals surface area contributed by atoms with Crippen LogP contribution in [0.2, 0.25) is 0 Å². The van der Waals surface area contributed by atoms with Crippen LogP contribution < -0.4 is 0 Å². The first-order chi connectivity index (χ1) is 10.9. The average Bonchev–Trinajstić information content (AvgIpc) is 2.85. The van der Waals surface area contributed by atoms with Gasteiger partial charge in [-0.15, -0.1) is 0 Å². The summed E-state index contributed by atoms with van der Waals surface area (Å²) in [6.45, 7) is 10.0. The quantitative estimate of drug-likeness (QED) is 0.796. The van der Waals surface area contributed by atoms with Gasteiger partial charge < -0.3 is 5.11 Å². The Labute approximate surface area is 136 Å². The lowest BCUT2D eigenvalue weighted by atomic mass is 10.0. The Hall–Kier alpha value is -2.20. The monoisotopic (exact) mass is 309 g/mol. The first-order valence-electron chi connectivity index (χ1n) is 8.07. The van der Waals surface area contributed by atoms with Gasteiger partial charge in [-0.3, -0.25) is 4.57 Å². The molecule has 0 radical (unpaired) electrons. The Morgan fingerprint density at radius 1 is 1.09 bits per heavy atom. The third-order valence-electron chi connectivity index (χ3n) is 4.28. The highest BCUT2D eigenvalue weighted by Crippen LogP contribution is 2.26. The van der Waals surface area contributed by atoms with Gasteiger partial charge in [-0.05, 0) is 62.6 Å². The molecule has 3 rings (SSSR count). The van der Waals surface area contributed by atoms with Crippen LogP contribution in [0.25, 0.3) is 16.9 Å². The molecule has 2 heterocycles. The summed E-state index contributed by atoms with van der Waals surface area (Å²) in [5.74, 6) is 1.00. The van der Waals surface area contributed by atoms with Gasteiger partial charge >= 0.3 is 0 Å². The number of pyridine rings is 1. The number of aryl methyl sites for hydroxylation is 4. The number of benzene rings is 1. The van der Waals surface area contributed by atoms with Gasteiger partial charge in [0.1, 0.15) is 11.3 Å². The highest BCUT2D eigenvalue weighted by atomic mass is 16.3. The van der Waals surface area contributed by atoms with Crippen molar-refractivity contribution in [2.75, 3.05) is 0 Å². The Balaban J connectivity index is 2.29. The van der Waals surface area contributed by atoms with Crippen molar-refractivity contribution in [1.82, 2.24) is 14.5 Å². The molecule has 0 spiro atoms. The number of imidazole rings is 1. The summed E-state index contributed by atoms with van der Waals surface area (Å²) in [5.41, 5.74) is 7.09. The lowest BCUT2D eigenvalue weighted by Crippen LogP contribution is -2.03. The first-order valence-corrected chi connectivity index (χ1v) is 8.07. The molecule has 0 saturated heterocycles. The molecule has 0 amide bonds. The minimum Gasteiger partial charge on any atom is -0.389 e. The van der Waals surface area contributed by atoms with Gasteiger partial charge in [-0.25, -0.2) is 9.97 Å². The number of aliphatic hydroxyl groups excluding tert-OH is 1. The predicted octanol–water partition coefficient (Wildman–Crippen LogP) is 3.96. The Bertz CT molecular complexity index is 878. The fraction of sp³-hybridized carbons (Fsp3) is 0.368. The van der Waals surface area contributed by atoms with Crippen molar-refractivity contribution in [3.05, 3.63) is 52.5 Å². The van der Waals surface area contributed by atoms with Crippen molar-refractivity contribution < 1.29 is 5.11 Å². The summed E-state index contributed by atoms with van der Waals surface area (Å²) in [5, 5.41) is 9.84. The number of rotatable bonds is 3. The van der Waals surface area contributed by atoms with Gasteiger partial charge in [-0.2, -0.15) is 0 Å². The van der Waals surface area contributed by atoms with Crippen molar-refractivity contribution in [3.8, 4) is 5.69 Å². The lowest BCUT2D eigenvalue weighted by Gasteiger charge is -2.13. The normalized spacial score (nSPS) is 12.8. The molecule has 1 unspecified atom stereocenters. The van der Waals surface area contributed by atoms with E-state index in [4.69, 9.17) is 9.97 Å². The second-order valence-electron chi connectivity index (χ2n) is 6.19. The number of hydrogen-bond donors (Lipinski definition) is 1. The maximum Gasteiger partial charge on any atom is 0.165 e. The van der Waals surface area contributed by atoms with Crippen LogP contribution in [0.5, 0.6) is 0 Å². The van der Waals surface area contributed by atoms with E-state index in [-0.39, 0.29) is 0 Å². The highest BCUT2D eigenvalue weighted by molar-refractivity contribution is 5.78. The molecule has 0 aliphatic heterocycles. The number of nitrogens with zero attached hydrogens (tertiary/aromatic N) is 3. The molecule has 1 N–H and O–H groups in total. The molecule has 2 aromatic heterocycles. The fourth-order valence-corrected chi connectivity index (χ4v) is 3.18. The maximum atomic E-state index is 9.84. The van der Waals surface area contributed by atoms with E-state index in [9.17, 15) is 5.11 Å². The highest BCUT2D eigenvalue weighted by Gasteiger charge is 2.16. The van der Waals surface area contributed by atoms with Gasteiger partial charge in [0.05, 0.1) is 6.10 Å². The zero-order valence-corrected chi connectivity index (χ0v) is 14.4. The van der Waals surface area contributed by atoms with E-state index in [0.717, 1.165) is 51.5 Å². The van der Waals surface area contributed by atoms with Crippen LogP contribution in [0.15, 0.2) is 24.3 Å². The second-order valence-corrected chi connectivity index (χ2v) is 6.19. The van der Waals surface area contributed by atoms with E-state index in [1.807, 2.05) is 26.0 Å². The molecular formula is C19H23N3O. The SMILES string of the molecule is CCc1nc2c(C)cc(C)nc2n1-c1ccc(C(C)O)c(C)c1. The van der Waals surface area contributed by atoms with E-state index in [1.54, 1.807) is 6.92 Å². The first kappa shape index (κ1) is 15.7. The van der Waals surface area contributed by atoms with Crippen LogP contribution in [-0.4, -0.2) is 19.6 Å². The topological polar surface area (TPSA) is 50.9 Å². The van der Waals surface area contributed by atoms with Crippen LogP contribution in [0, 0.1) is 20.8 Å². The van der Waals surface area contributed by atoms with E-state index in [0.29, 0.717) is 0 Å². The smallest absolute Gasteiger partial charge is 0.165 e.